The van der Waals surface area contributed by atoms with Crippen molar-refractivity contribution in [1.29, 1.82) is 0 Å². The summed E-state index contributed by atoms with van der Waals surface area (Å²) in [7, 11) is 0. The molecule has 0 unspecified atom stereocenters. The minimum atomic E-state index is -0.384. The lowest BCUT2D eigenvalue weighted by atomic mass is 9.70. The molecule has 1 aliphatic heterocycles. The molecule has 2 atom stereocenters. The molecule has 0 bridgehead atoms. The van der Waals surface area contributed by atoms with E-state index in [9.17, 15) is 9.90 Å². The molecule has 1 aromatic carbocycles. The summed E-state index contributed by atoms with van der Waals surface area (Å²) in [6, 6.07) is 6.55. The standard InChI is InChI=1S/C29H35N5O4S/c35-23-3-1-4-24(23)38-16-26-30-14-20(15-31-26)18-5-6-22-25(13-18)39-28(32-22)33-27(36)19-11-21(12-19)34-9-10-37-17-29(34)7-2-8-29/h5-6,13-15,19,21,23-24,35H,1-4,7-12,16-17H2,(H,32,33,36)/t19?,21?,23-,24-/m0/s1. The number of anilines is 1. The number of carbonyl (C=O) groups is 1. The van der Waals surface area contributed by atoms with Crippen molar-refractivity contribution in [3.8, 4) is 11.1 Å². The second kappa shape index (κ2) is 10.5. The van der Waals surface area contributed by atoms with Crippen molar-refractivity contribution in [2.24, 2.45) is 5.92 Å². The fourth-order valence-electron chi connectivity index (χ4n) is 6.61. The van der Waals surface area contributed by atoms with Crippen molar-refractivity contribution < 1.29 is 19.4 Å². The molecule has 1 amide bonds. The van der Waals surface area contributed by atoms with Crippen LogP contribution in [0.1, 0.15) is 57.2 Å². The number of nitrogens with one attached hydrogen (secondary N) is 1. The van der Waals surface area contributed by atoms with Crippen LogP contribution in [-0.2, 0) is 20.9 Å². The number of aromatic nitrogens is 3. The van der Waals surface area contributed by atoms with Gasteiger partial charge in [0.15, 0.2) is 11.0 Å². The molecule has 0 radical (unpaired) electrons. The second-order valence-electron chi connectivity index (χ2n) is 11.6. The van der Waals surface area contributed by atoms with Crippen molar-refractivity contribution in [2.75, 3.05) is 25.1 Å². The summed E-state index contributed by atoms with van der Waals surface area (Å²) in [5.74, 6) is 0.739. The Bertz CT molecular complexity index is 1340. The third-order valence-corrected chi connectivity index (χ3v) is 10.1. The first-order chi connectivity index (χ1) is 19.1. The molecule has 2 N–H and O–H groups in total. The van der Waals surface area contributed by atoms with Crippen molar-refractivity contribution in [2.45, 2.75) is 81.8 Å². The highest BCUT2D eigenvalue weighted by atomic mass is 32.1. The Morgan fingerprint density at radius 1 is 1.18 bits per heavy atom. The molecule has 4 fully saturated rings. The Balaban J connectivity index is 0.954. The first-order valence-corrected chi connectivity index (χ1v) is 15.0. The average molecular weight is 550 g/mol. The summed E-state index contributed by atoms with van der Waals surface area (Å²) >= 11 is 1.50. The molecule has 10 heteroatoms. The molecule has 39 heavy (non-hydrogen) atoms. The maximum atomic E-state index is 13.0. The van der Waals surface area contributed by atoms with Gasteiger partial charge in [0.05, 0.1) is 35.6 Å². The quantitative estimate of drug-likeness (QED) is 0.452. The molecule has 1 spiro atoms. The number of thiazole rings is 1. The zero-order chi connectivity index (χ0) is 26.4. The minimum absolute atomic E-state index is 0.0501. The van der Waals surface area contributed by atoms with Gasteiger partial charge in [-0.25, -0.2) is 15.0 Å². The van der Waals surface area contributed by atoms with Crippen LogP contribution in [0.2, 0.25) is 0 Å². The first kappa shape index (κ1) is 25.5. The van der Waals surface area contributed by atoms with E-state index >= 15 is 0 Å². The molecule has 4 aliphatic rings. The molecule has 3 heterocycles. The summed E-state index contributed by atoms with van der Waals surface area (Å²) in [6.07, 6.45) is 11.4. The number of rotatable bonds is 7. The van der Waals surface area contributed by atoms with Gasteiger partial charge >= 0.3 is 0 Å². The number of hydrogen-bond donors (Lipinski definition) is 2. The van der Waals surface area contributed by atoms with Crippen LogP contribution in [0.3, 0.4) is 0 Å². The average Bonchev–Trinajstić information content (AvgIpc) is 3.50. The van der Waals surface area contributed by atoms with Gasteiger partial charge in [-0.05, 0) is 69.1 Å². The Hall–Kier alpha value is -2.50. The number of ether oxygens (including phenoxy) is 2. The van der Waals surface area contributed by atoms with Gasteiger partial charge in [-0.15, -0.1) is 0 Å². The summed E-state index contributed by atoms with van der Waals surface area (Å²) in [5.41, 5.74) is 3.02. The van der Waals surface area contributed by atoms with Crippen LogP contribution >= 0.6 is 11.3 Å². The smallest absolute Gasteiger partial charge is 0.229 e. The summed E-state index contributed by atoms with van der Waals surface area (Å²) in [4.78, 5) is 29.2. The number of morpholine rings is 1. The Kier molecular flexibility index (Phi) is 6.84. The monoisotopic (exact) mass is 549 g/mol. The van der Waals surface area contributed by atoms with Gasteiger partial charge in [0.1, 0.15) is 6.61 Å². The van der Waals surface area contributed by atoms with Crippen LogP contribution in [0.4, 0.5) is 5.13 Å². The van der Waals surface area contributed by atoms with Gasteiger partial charge in [-0.3, -0.25) is 9.69 Å². The van der Waals surface area contributed by atoms with E-state index in [1.807, 2.05) is 12.1 Å². The van der Waals surface area contributed by atoms with Crippen molar-refractivity contribution in [3.05, 3.63) is 36.4 Å². The highest BCUT2D eigenvalue weighted by Gasteiger charge is 2.50. The van der Waals surface area contributed by atoms with E-state index in [0.717, 1.165) is 73.2 Å². The number of fused-ring (bicyclic) bond motifs is 1. The largest absolute Gasteiger partial charge is 0.390 e. The summed E-state index contributed by atoms with van der Waals surface area (Å²) in [5, 5.41) is 13.7. The predicted octanol–water partition coefficient (Wildman–Crippen LogP) is 4.16. The number of aliphatic hydroxyl groups is 1. The van der Waals surface area contributed by atoms with Crippen LogP contribution in [0.15, 0.2) is 30.6 Å². The van der Waals surface area contributed by atoms with Crippen LogP contribution in [-0.4, -0.2) is 74.4 Å². The zero-order valence-corrected chi connectivity index (χ0v) is 22.9. The van der Waals surface area contributed by atoms with Gasteiger partial charge in [0.2, 0.25) is 5.91 Å². The fraction of sp³-hybridized carbons (Fsp3) is 0.586. The number of aliphatic hydroxyl groups excluding tert-OH is 1. The maximum absolute atomic E-state index is 13.0. The Morgan fingerprint density at radius 3 is 2.77 bits per heavy atom. The normalized spacial score (nSPS) is 28.3. The Labute approximate surface area is 232 Å². The number of nitrogens with zero attached hydrogens (tertiary/aromatic N) is 4. The molecule has 206 valence electrons. The lowest BCUT2D eigenvalue weighted by molar-refractivity contribution is -0.150. The van der Waals surface area contributed by atoms with E-state index in [2.05, 4.69) is 31.2 Å². The van der Waals surface area contributed by atoms with Gasteiger partial charge in [0, 0.05) is 42.0 Å². The van der Waals surface area contributed by atoms with Crippen LogP contribution in [0.5, 0.6) is 0 Å². The predicted molar refractivity (Wildman–Crippen MR) is 148 cm³/mol. The molecule has 1 saturated heterocycles. The molecular formula is C29H35N5O4S. The van der Waals surface area contributed by atoms with Gasteiger partial charge < -0.3 is 19.9 Å². The van der Waals surface area contributed by atoms with Gasteiger partial charge in [-0.2, -0.15) is 0 Å². The van der Waals surface area contributed by atoms with E-state index in [4.69, 9.17) is 9.47 Å². The lowest BCUT2D eigenvalue weighted by Gasteiger charge is -2.58. The first-order valence-electron chi connectivity index (χ1n) is 14.2. The third kappa shape index (κ3) is 4.97. The topological polar surface area (TPSA) is 110 Å². The van der Waals surface area contributed by atoms with Crippen LogP contribution in [0, 0.1) is 5.92 Å². The molecule has 2 aromatic heterocycles. The molecule has 3 aromatic rings. The summed E-state index contributed by atoms with van der Waals surface area (Å²) < 4.78 is 12.6. The number of carbonyl (C=O) groups excluding carboxylic acids is 1. The van der Waals surface area contributed by atoms with E-state index < -0.39 is 0 Å². The number of amides is 1. The van der Waals surface area contributed by atoms with Crippen molar-refractivity contribution in [3.63, 3.8) is 0 Å². The van der Waals surface area contributed by atoms with Crippen molar-refractivity contribution in [1.82, 2.24) is 19.9 Å². The van der Waals surface area contributed by atoms with E-state index in [1.165, 1.54) is 30.6 Å². The summed E-state index contributed by atoms with van der Waals surface area (Å²) in [6.45, 7) is 2.95. The highest BCUT2D eigenvalue weighted by Crippen LogP contribution is 2.46. The molecule has 7 rings (SSSR count). The lowest BCUT2D eigenvalue weighted by Crippen LogP contribution is -2.66. The highest BCUT2D eigenvalue weighted by molar-refractivity contribution is 7.22. The maximum Gasteiger partial charge on any atom is 0.229 e. The number of benzene rings is 1. The van der Waals surface area contributed by atoms with E-state index in [0.29, 0.717) is 23.6 Å². The molecule has 9 nitrogen and oxygen atoms in total. The number of hydrogen-bond acceptors (Lipinski definition) is 9. The van der Waals surface area contributed by atoms with E-state index in [1.54, 1.807) is 12.4 Å². The van der Waals surface area contributed by atoms with Crippen molar-refractivity contribution >= 4 is 32.6 Å². The van der Waals surface area contributed by atoms with Crippen LogP contribution in [0.25, 0.3) is 21.3 Å². The van der Waals surface area contributed by atoms with E-state index in [-0.39, 0.29) is 29.6 Å². The zero-order valence-electron chi connectivity index (χ0n) is 22.1. The Morgan fingerprint density at radius 2 is 2.03 bits per heavy atom. The fourth-order valence-corrected chi connectivity index (χ4v) is 7.52. The van der Waals surface area contributed by atoms with Gasteiger partial charge in [0.25, 0.3) is 0 Å². The van der Waals surface area contributed by atoms with Gasteiger partial charge in [-0.1, -0.05) is 17.4 Å². The second-order valence-corrected chi connectivity index (χ2v) is 12.6. The molecule has 3 saturated carbocycles. The van der Waals surface area contributed by atoms with Crippen LogP contribution < -0.4 is 5.32 Å². The molecular weight excluding hydrogens is 514 g/mol. The molecule has 3 aliphatic carbocycles. The third-order valence-electron chi connectivity index (χ3n) is 9.17. The SMILES string of the molecule is O=C(Nc1nc2ccc(-c3cnc(CO[C@H]4CCC[C@@H]4O)nc3)cc2s1)C1CC(N2CCOCC23CCC3)C1. The minimum Gasteiger partial charge on any atom is -0.390 e.